The van der Waals surface area contributed by atoms with Crippen molar-refractivity contribution in [3.63, 3.8) is 0 Å². The van der Waals surface area contributed by atoms with Gasteiger partial charge in [-0.1, -0.05) is 17.4 Å². The number of thiazole rings is 1. The number of rotatable bonds is 2. The van der Waals surface area contributed by atoms with E-state index in [4.69, 9.17) is 9.47 Å². The Labute approximate surface area is 130 Å². The molecular formula is C16H12N2O3S. The van der Waals surface area contributed by atoms with E-state index in [0.717, 1.165) is 10.2 Å². The Hall–Kier alpha value is -2.60. The van der Waals surface area contributed by atoms with Crippen molar-refractivity contribution in [3.8, 4) is 11.5 Å². The molecule has 1 N–H and O–H groups in total. The average Bonchev–Trinajstić information content (AvgIpc) is 3.11. The van der Waals surface area contributed by atoms with Crippen molar-refractivity contribution in [2.24, 2.45) is 0 Å². The number of ether oxygens (including phenoxy) is 2. The van der Waals surface area contributed by atoms with E-state index < -0.39 is 0 Å². The predicted octanol–water partition coefficient (Wildman–Crippen LogP) is 3.59. The van der Waals surface area contributed by atoms with Crippen LogP contribution in [0.2, 0.25) is 0 Å². The van der Waals surface area contributed by atoms with Crippen LogP contribution in [-0.4, -0.2) is 17.7 Å². The summed E-state index contributed by atoms with van der Waals surface area (Å²) in [5, 5.41) is 3.42. The quantitative estimate of drug-likeness (QED) is 0.785. The molecule has 1 aliphatic heterocycles. The van der Waals surface area contributed by atoms with Crippen molar-refractivity contribution in [2.45, 2.75) is 6.92 Å². The fourth-order valence-corrected chi connectivity index (χ4v) is 3.25. The molecule has 4 rings (SSSR count). The van der Waals surface area contributed by atoms with E-state index in [1.165, 1.54) is 16.9 Å². The topological polar surface area (TPSA) is 60.5 Å². The third-order valence-electron chi connectivity index (χ3n) is 3.40. The van der Waals surface area contributed by atoms with Crippen LogP contribution in [0.3, 0.4) is 0 Å². The summed E-state index contributed by atoms with van der Waals surface area (Å²) in [6.07, 6.45) is 0. The number of nitrogens with zero attached hydrogens (tertiary/aromatic N) is 1. The number of hydrogen-bond donors (Lipinski definition) is 1. The summed E-state index contributed by atoms with van der Waals surface area (Å²) >= 11 is 1.46. The standard InChI is InChI=1S/C16H12N2O3S/c1-9-2-4-11-14(6-9)22-16(17-11)18-15(19)10-3-5-12-13(7-10)21-8-20-12/h2-7H,8H2,1H3,(H,17,18,19). The molecule has 0 bridgehead atoms. The Morgan fingerprint density at radius 3 is 2.95 bits per heavy atom. The third-order valence-corrected chi connectivity index (χ3v) is 4.33. The van der Waals surface area contributed by atoms with Crippen molar-refractivity contribution in [1.82, 2.24) is 4.98 Å². The third kappa shape index (κ3) is 2.27. The molecule has 0 unspecified atom stereocenters. The molecule has 0 atom stereocenters. The van der Waals surface area contributed by atoms with Crippen molar-refractivity contribution < 1.29 is 14.3 Å². The van der Waals surface area contributed by atoms with Gasteiger partial charge in [-0.05, 0) is 42.8 Å². The van der Waals surface area contributed by atoms with Gasteiger partial charge in [-0.2, -0.15) is 0 Å². The van der Waals surface area contributed by atoms with E-state index in [-0.39, 0.29) is 12.7 Å². The number of benzene rings is 2. The second-order valence-electron chi connectivity index (χ2n) is 5.01. The van der Waals surface area contributed by atoms with Crippen LogP contribution in [0.15, 0.2) is 36.4 Å². The van der Waals surface area contributed by atoms with E-state index in [1.807, 2.05) is 19.1 Å². The fourth-order valence-electron chi connectivity index (χ4n) is 2.29. The summed E-state index contributed by atoms with van der Waals surface area (Å²) in [6.45, 7) is 2.22. The maximum atomic E-state index is 12.3. The fraction of sp³-hybridized carbons (Fsp3) is 0.125. The number of aromatic nitrogens is 1. The lowest BCUT2D eigenvalue weighted by molar-refractivity contribution is 0.102. The molecule has 0 saturated heterocycles. The second-order valence-corrected chi connectivity index (χ2v) is 6.04. The van der Waals surface area contributed by atoms with Crippen LogP contribution >= 0.6 is 11.3 Å². The van der Waals surface area contributed by atoms with E-state index in [0.29, 0.717) is 22.2 Å². The number of carbonyl (C=O) groups excluding carboxylic acids is 1. The molecule has 0 spiro atoms. The minimum absolute atomic E-state index is 0.192. The lowest BCUT2D eigenvalue weighted by atomic mass is 10.2. The molecule has 3 aromatic rings. The Balaban J connectivity index is 1.60. The van der Waals surface area contributed by atoms with Gasteiger partial charge in [-0.3, -0.25) is 10.1 Å². The normalized spacial score (nSPS) is 12.6. The van der Waals surface area contributed by atoms with Crippen molar-refractivity contribution in [1.29, 1.82) is 0 Å². The first-order chi connectivity index (χ1) is 10.7. The zero-order valence-electron chi connectivity index (χ0n) is 11.8. The zero-order valence-corrected chi connectivity index (χ0v) is 12.6. The Kier molecular flexibility index (Phi) is 2.97. The van der Waals surface area contributed by atoms with Crippen molar-refractivity contribution in [2.75, 3.05) is 12.1 Å². The monoisotopic (exact) mass is 312 g/mol. The molecule has 2 heterocycles. The molecule has 0 aliphatic carbocycles. The molecule has 5 nitrogen and oxygen atoms in total. The van der Waals surface area contributed by atoms with Gasteiger partial charge in [0, 0.05) is 5.56 Å². The molecule has 0 fully saturated rings. The summed E-state index contributed by atoms with van der Waals surface area (Å²) in [5.41, 5.74) is 2.57. The highest BCUT2D eigenvalue weighted by Crippen LogP contribution is 2.33. The van der Waals surface area contributed by atoms with Gasteiger partial charge in [-0.25, -0.2) is 4.98 Å². The Morgan fingerprint density at radius 2 is 2.05 bits per heavy atom. The summed E-state index contributed by atoms with van der Waals surface area (Å²) < 4.78 is 11.6. The SMILES string of the molecule is Cc1ccc2nc(NC(=O)c3ccc4c(c3)OCO4)sc2c1. The molecule has 1 amide bonds. The van der Waals surface area contributed by atoms with Gasteiger partial charge in [0.05, 0.1) is 10.2 Å². The number of carbonyl (C=O) groups is 1. The first kappa shape index (κ1) is 13.1. The van der Waals surface area contributed by atoms with Crippen LogP contribution in [0.4, 0.5) is 5.13 Å². The van der Waals surface area contributed by atoms with Gasteiger partial charge in [-0.15, -0.1) is 0 Å². The van der Waals surface area contributed by atoms with Crippen LogP contribution in [0.25, 0.3) is 10.2 Å². The number of amides is 1. The largest absolute Gasteiger partial charge is 0.454 e. The van der Waals surface area contributed by atoms with Gasteiger partial charge < -0.3 is 9.47 Å². The van der Waals surface area contributed by atoms with Gasteiger partial charge in [0.1, 0.15) is 0 Å². The number of fused-ring (bicyclic) bond motifs is 2. The lowest BCUT2D eigenvalue weighted by Crippen LogP contribution is -2.11. The minimum atomic E-state index is -0.214. The van der Waals surface area contributed by atoms with E-state index >= 15 is 0 Å². The van der Waals surface area contributed by atoms with Gasteiger partial charge in [0.15, 0.2) is 16.6 Å². The second kappa shape index (κ2) is 4.99. The van der Waals surface area contributed by atoms with Crippen LogP contribution < -0.4 is 14.8 Å². The molecule has 0 saturated carbocycles. The molecule has 0 radical (unpaired) electrons. The number of nitrogens with one attached hydrogen (secondary N) is 1. The molecule has 22 heavy (non-hydrogen) atoms. The van der Waals surface area contributed by atoms with Crippen LogP contribution in [0.5, 0.6) is 11.5 Å². The van der Waals surface area contributed by atoms with E-state index in [2.05, 4.69) is 16.4 Å². The molecule has 2 aromatic carbocycles. The zero-order chi connectivity index (χ0) is 15.1. The van der Waals surface area contributed by atoms with Gasteiger partial charge in [0.25, 0.3) is 5.91 Å². The molecule has 6 heteroatoms. The first-order valence-electron chi connectivity index (χ1n) is 6.77. The minimum Gasteiger partial charge on any atom is -0.454 e. The maximum absolute atomic E-state index is 12.3. The smallest absolute Gasteiger partial charge is 0.257 e. The Bertz CT molecular complexity index is 888. The molecular weight excluding hydrogens is 300 g/mol. The highest BCUT2D eigenvalue weighted by molar-refractivity contribution is 7.22. The number of anilines is 1. The lowest BCUT2D eigenvalue weighted by Gasteiger charge is -2.02. The van der Waals surface area contributed by atoms with Crippen molar-refractivity contribution in [3.05, 3.63) is 47.5 Å². The predicted molar refractivity (Wildman–Crippen MR) is 84.9 cm³/mol. The average molecular weight is 312 g/mol. The van der Waals surface area contributed by atoms with Crippen LogP contribution in [0, 0.1) is 6.92 Å². The Morgan fingerprint density at radius 1 is 1.18 bits per heavy atom. The highest BCUT2D eigenvalue weighted by Gasteiger charge is 2.17. The number of hydrogen-bond acceptors (Lipinski definition) is 5. The molecule has 1 aliphatic rings. The summed E-state index contributed by atoms with van der Waals surface area (Å²) in [5.74, 6) is 1.04. The summed E-state index contributed by atoms with van der Waals surface area (Å²) in [4.78, 5) is 16.7. The highest BCUT2D eigenvalue weighted by atomic mass is 32.1. The summed E-state index contributed by atoms with van der Waals surface area (Å²) in [6, 6.07) is 11.1. The molecule has 1 aromatic heterocycles. The molecule has 110 valence electrons. The van der Waals surface area contributed by atoms with E-state index in [1.54, 1.807) is 18.2 Å². The van der Waals surface area contributed by atoms with Crippen LogP contribution in [0.1, 0.15) is 15.9 Å². The van der Waals surface area contributed by atoms with Gasteiger partial charge >= 0.3 is 0 Å². The maximum Gasteiger partial charge on any atom is 0.257 e. The first-order valence-corrected chi connectivity index (χ1v) is 7.59. The van der Waals surface area contributed by atoms with Gasteiger partial charge in [0.2, 0.25) is 6.79 Å². The summed E-state index contributed by atoms with van der Waals surface area (Å²) in [7, 11) is 0. The van der Waals surface area contributed by atoms with Crippen molar-refractivity contribution >= 4 is 32.6 Å². The van der Waals surface area contributed by atoms with E-state index in [9.17, 15) is 4.79 Å². The van der Waals surface area contributed by atoms with Crippen LogP contribution in [-0.2, 0) is 0 Å². The number of aryl methyl sites for hydroxylation is 1.